The molecular weight excluding hydrogens is 148 g/mol. The summed E-state index contributed by atoms with van der Waals surface area (Å²) >= 11 is 0. The number of hydrogen-bond donors (Lipinski definition) is 0. The van der Waals surface area contributed by atoms with Crippen LogP contribution in [0, 0.1) is 12.3 Å². The number of terminal acetylenes is 1. The van der Waals surface area contributed by atoms with Gasteiger partial charge in [-0.05, 0) is 23.8 Å². The Balaban J connectivity index is 2.80. The second-order valence-electron chi connectivity index (χ2n) is 2.30. The largest absolute Gasteiger partial charge is 0.504 e. The van der Waals surface area contributed by atoms with Crippen LogP contribution in [-0.2, 0) is 4.74 Å². The van der Waals surface area contributed by atoms with E-state index in [-0.39, 0.29) is 0 Å². The molecule has 0 bridgehead atoms. The van der Waals surface area contributed by atoms with Crippen LogP contribution < -0.4 is 0 Å². The molecule has 0 saturated heterocycles. The number of benzene rings is 1. The topological polar surface area (TPSA) is 9.23 Å². The van der Waals surface area contributed by atoms with Crippen molar-refractivity contribution >= 4 is 6.08 Å². The average molecular weight is 158 g/mol. The van der Waals surface area contributed by atoms with Gasteiger partial charge in [-0.15, -0.1) is 6.42 Å². The maximum absolute atomic E-state index is 5.21. The molecule has 1 aromatic carbocycles. The highest BCUT2D eigenvalue weighted by Gasteiger charge is 1.86. The SMILES string of the molecule is C#Cc1ccc(C=COC)cc1. The standard InChI is InChI=1S/C11H10O/c1-3-10-4-6-11(7-5-10)8-9-12-2/h1,4-9H,2H3. The van der Waals surface area contributed by atoms with Crippen LogP contribution in [0.4, 0.5) is 0 Å². The molecule has 0 saturated carbocycles. The van der Waals surface area contributed by atoms with Crippen molar-refractivity contribution in [1.29, 1.82) is 0 Å². The van der Waals surface area contributed by atoms with Gasteiger partial charge in [0, 0.05) is 5.56 Å². The fraction of sp³-hybridized carbons (Fsp3) is 0.0909. The molecule has 0 unspecified atom stereocenters. The lowest BCUT2D eigenvalue weighted by molar-refractivity contribution is 0.341. The van der Waals surface area contributed by atoms with Gasteiger partial charge in [-0.2, -0.15) is 0 Å². The molecule has 0 N–H and O–H groups in total. The summed E-state index contributed by atoms with van der Waals surface area (Å²) in [6.45, 7) is 0. The number of ether oxygens (including phenoxy) is 1. The van der Waals surface area contributed by atoms with E-state index in [9.17, 15) is 0 Å². The van der Waals surface area contributed by atoms with Crippen LogP contribution in [0.5, 0.6) is 0 Å². The Morgan fingerprint density at radius 3 is 2.50 bits per heavy atom. The molecule has 60 valence electrons. The van der Waals surface area contributed by atoms with E-state index in [0.717, 1.165) is 11.1 Å². The molecular formula is C11H10O. The number of hydrogen-bond acceptors (Lipinski definition) is 1. The number of rotatable bonds is 2. The maximum atomic E-state index is 5.21. The van der Waals surface area contributed by atoms with Crippen LogP contribution in [-0.4, -0.2) is 7.11 Å². The van der Waals surface area contributed by atoms with Crippen molar-refractivity contribution in [3.8, 4) is 12.3 Å². The molecule has 0 heterocycles. The van der Waals surface area contributed by atoms with Gasteiger partial charge in [0.25, 0.3) is 0 Å². The van der Waals surface area contributed by atoms with E-state index in [0.29, 0.717) is 0 Å². The van der Waals surface area contributed by atoms with Crippen molar-refractivity contribution in [2.75, 3.05) is 7.11 Å². The van der Waals surface area contributed by atoms with Crippen molar-refractivity contribution in [2.24, 2.45) is 0 Å². The molecule has 0 aliphatic heterocycles. The van der Waals surface area contributed by atoms with Crippen LogP contribution in [0.25, 0.3) is 6.08 Å². The maximum Gasteiger partial charge on any atom is 0.0830 e. The first-order valence-electron chi connectivity index (χ1n) is 3.63. The van der Waals surface area contributed by atoms with E-state index in [1.54, 1.807) is 13.4 Å². The van der Waals surface area contributed by atoms with Crippen LogP contribution in [0.15, 0.2) is 30.5 Å². The molecule has 0 fully saturated rings. The highest BCUT2D eigenvalue weighted by molar-refractivity contribution is 5.50. The van der Waals surface area contributed by atoms with Gasteiger partial charge in [0.15, 0.2) is 0 Å². The van der Waals surface area contributed by atoms with Gasteiger partial charge >= 0.3 is 0 Å². The molecule has 0 aliphatic rings. The van der Waals surface area contributed by atoms with Crippen LogP contribution in [0.1, 0.15) is 11.1 Å². The quantitative estimate of drug-likeness (QED) is 0.474. The fourth-order valence-electron chi connectivity index (χ4n) is 0.837. The molecule has 12 heavy (non-hydrogen) atoms. The molecule has 1 rings (SSSR count). The first kappa shape index (κ1) is 8.42. The Kier molecular flexibility index (Phi) is 2.98. The van der Waals surface area contributed by atoms with Crippen LogP contribution >= 0.6 is 0 Å². The monoisotopic (exact) mass is 158 g/mol. The lowest BCUT2D eigenvalue weighted by atomic mass is 10.1. The lowest BCUT2D eigenvalue weighted by Crippen LogP contribution is -1.75. The van der Waals surface area contributed by atoms with Crippen molar-refractivity contribution in [3.63, 3.8) is 0 Å². The predicted molar refractivity (Wildman–Crippen MR) is 50.4 cm³/mol. The molecule has 0 aliphatic carbocycles. The van der Waals surface area contributed by atoms with E-state index in [2.05, 4.69) is 5.92 Å². The van der Waals surface area contributed by atoms with Gasteiger partial charge in [0.2, 0.25) is 0 Å². The van der Waals surface area contributed by atoms with Crippen molar-refractivity contribution in [2.45, 2.75) is 0 Å². The minimum absolute atomic E-state index is 0.893. The zero-order valence-electron chi connectivity index (χ0n) is 6.95. The van der Waals surface area contributed by atoms with Gasteiger partial charge < -0.3 is 4.74 Å². The van der Waals surface area contributed by atoms with Gasteiger partial charge in [-0.25, -0.2) is 0 Å². The molecule has 1 nitrogen and oxygen atoms in total. The third-order valence-electron chi connectivity index (χ3n) is 1.47. The van der Waals surface area contributed by atoms with E-state index in [4.69, 9.17) is 11.2 Å². The van der Waals surface area contributed by atoms with Gasteiger partial charge in [-0.1, -0.05) is 18.1 Å². The molecule has 1 heteroatoms. The smallest absolute Gasteiger partial charge is 0.0830 e. The Morgan fingerprint density at radius 1 is 1.33 bits per heavy atom. The summed E-state index contributed by atoms with van der Waals surface area (Å²) in [6.07, 6.45) is 8.71. The predicted octanol–water partition coefficient (Wildman–Crippen LogP) is 2.29. The highest BCUT2D eigenvalue weighted by Crippen LogP contribution is 2.04. The van der Waals surface area contributed by atoms with Gasteiger partial charge in [0.05, 0.1) is 13.4 Å². The van der Waals surface area contributed by atoms with E-state index >= 15 is 0 Å². The summed E-state index contributed by atoms with van der Waals surface area (Å²) in [5, 5.41) is 0. The Bertz CT molecular complexity index is 301. The summed E-state index contributed by atoms with van der Waals surface area (Å²) in [7, 11) is 1.62. The van der Waals surface area contributed by atoms with E-state index in [1.807, 2.05) is 30.3 Å². The van der Waals surface area contributed by atoms with Gasteiger partial charge in [0.1, 0.15) is 0 Å². The first-order chi connectivity index (χ1) is 5.86. The Hall–Kier alpha value is -1.68. The van der Waals surface area contributed by atoms with E-state index < -0.39 is 0 Å². The summed E-state index contributed by atoms with van der Waals surface area (Å²) in [6, 6.07) is 7.69. The molecule has 0 aromatic heterocycles. The van der Waals surface area contributed by atoms with Crippen LogP contribution in [0.2, 0.25) is 0 Å². The minimum Gasteiger partial charge on any atom is -0.504 e. The van der Waals surface area contributed by atoms with Crippen LogP contribution in [0.3, 0.4) is 0 Å². The van der Waals surface area contributed by atoms with Gasteiger partial charge in [-0.3, -0.25) is 0 Å². The minimum atomic E-state index is 0.893. The summed E-state index contributed by atoms with van der Waals surface area (Å²) in [5.41, 5.74) is 1.97. The van der Waals surface area contributed by atoms with Crippen molar-refractivity contribution < 1.29 is 4.74 Å². The zero-order valence-corrected chi connectivity index (χ0v) is 6.95. The average Bonchev–Trinajstić information content (AvgIpc) is 2.15. The second-order valence-corrected chi connectivity index (χ2v) is 2.30. The summed E-state index contributed by atoms with van der Waals surface area (Å²) < 4.78 is 4.78. The third-order valence-corrected chi connectivity index (χ3v) is 1.47. The summed E-state index contributed by atoms with van der Waals surface area (Å²) in [4.78, 5) is 0. The zero-order chi connectivity index (χ0) is 8.81. The number of methoxy groups -OCH3 is 1. The molecule has 0 atom stereocenters. The third kappa shape index (κ3) is 2.17. The van der Waals surface area contributed by atoms with E-state index in [1.165, 1.54) is 0 Å². The molecule has 0 spiro atoms. The Morgan fingerprint density at radius 2 is 2.00 bits per heavy atom. The second kappa shape index (κ2) is 4.25. The lowest BCUT2D eigenvalue weighted by Gasteiger charge is -1.93. The van der Waals surface area contributed by atoms with Crippen molar-refractivity contribution in [3.05, 3.63) is 41.7 Å². The molecule has 0 radical (unpaired) electrons. The van der Waals surface area contributed by atoms with Crippen molar-refractivity contribution in [1.82, 2.24) is 0 Å². The first-order valence-corrected chi connectivity index (χ1v) is 3.63. The normalized spacial score (nSPS) is 9.67. The Labute approximate surface area is 72.7 Å². The molecule has 1 aromatic rings. The fourth-order valence-corrected chi connectivity index (χ4v) is 0.837. The highest BCUT2D eigenvalue weighted by atomic mass is 16.5. The summed E-state index contributed by atoms with van der Waals surface area (Å²) in [5.74, 6) is 2.55. The molecule has 0 amide bonds.